The molecule has 35 heteroatoms. The number of hydrogen-bond donors (Lipinski definition) is 8. The fraction of sp³-hybridized carbons (Fsp3) is 0.531. The highest BCUT2D eigenvalue weighted by atomic mass is 32.7. The Morgan fingerprint density at radius 3 is 1.78 bits per heavy atom. The van der Waals surface area contributed by atoms with E-state index in [4.69, 9.17) is 82.2 Å². The maximum atomic E-state index is 14.1. The molecule has 0 radical (unpaired) electrons. The van der Waals surface area contributed by atoms with Crippen LogP contribution in [0.4, 0.5) is 17.7 Å². The van der Waals surface area contributed by atoms with Gasteiger partial charge in [-0.1, -0.05) is 19.2 Å². The van der Waals surface area contributed by atoms with Gasteiger partial charge in [-0.2, -0.15) is 9.97 Å². The number of hydrogen-bond acceptors (Lipinski definition) is 24. The van der Waals surface area contributed by atoms with E-state index in [0.717, 1.165) is 0 Å². The van der Waals surface area contributed by atoms with Crippen molar-refractivity contribution in [2.45, 2.75) is 75.4 Å². The Balaban J connectivity index is 0.905. The van der Waals surface area contributed by atoms with Gasteiger partial charge in [0.25, 0.3) is 11.1 Å². The third-order valence-electron chi connectivity index (χ3n) is 11.1. The first-order chi connectivity index (χ1) is 31.8. The highest BCUT2D eigenvalue weighted by Gasteiger charge is 2.46. The molecule has 0 spiro atoms. The van der Waals surface area contributed by atoms with Crippen LogP contribution >= 0.6 is 32.5 Å². The number of aromatic amines is 2. The van der Waals surface area contributed by atoms with Crippen LogP contribution in [-0.2, 0) is 69.5 Å². The molecule has 0 aliphatic carbocycles. The Kier molecular flexibility index (Phi) is 13.5. The fourth-order valence-electron chi connectivity index (χ4n) is 7.86. The van der Waals surface area contributed by atoms with E-state index in [1.807, 2.05) is 6.92 Å². The molecule has 3 fully saturated rings. The third-order valence-corrected chi connectivity index (χ3v) is 16.0. The predicted molar refractivity (Wildman–Crippen MR) is 244 cm³/mol. The summed E-state index contributed by atoms with van der Waals surface area (Å²) in [6.45, 7) is -11.4. The Morgan fingerprint density at radius 2 is 1.19 bits per heavy atom. The topological polar surface area (TPSA) is 389 Å². The highest BCUT2D eigenvalue weighted by Crippen LogP contribution is 2.58. The Labute approximate surface area is 391 Å². The lowest BCUT2D eigenvalue weighted by atomic mass is 10.0. The summed E-state index contributed by atoms with van der Waals surface area (Å²) in [6, 6.07) is 0. The molecule has 0 bridgehead atoms. The van der Waals surface area contributed by atoms with E-state index in [9.17, 15) is 23.9 Å². The molecule has 362 valence electrons. The molecule has 10 N–H and O–H groups in total. The smallest absolute Gasteiger partial charge is 0.382 e. The number of thiol groups is 1. The second-order valence-corrected chi connectivity index (χ2v) is 24.1. The van der Waals surface area contributed by atoms with E-state index < -0.39 is 87.2 Å². The molecular formula is C32H42N15O14P3S3. The molecular weight excluding hydrogens is 1010 g/mol. The van der Waals surface area contributed by atoms with Crippen LogP contribution in [0.3, 0.4) is 0 Å². The zero-order valence-corrected chi connectivity index (χ0v) is 40.1. The van der Waals surface area contributed by atoms with Gasteiger partial charge in [-0.05, 0) is 36.0 Å². The van der Waals surface area contributed by atoms with Crippen molar-refractivity contribution in [1.29, 1.82) is 0 Å². The van der Waals surface area contributed by atoms with Crippen LogP contribution in [0.2, 0.25) is 0 Å². The van der Waals surface area contributed by atoms with E-state index in [0.29, 0.717) is 17.6 Å². The summed E-state index contributed by atoms with van der Waals surface area (Å²) < 4.78 is 71.6. The van der Waals surface area contributed by atoms with Crippen molar-refractivity contribution in [2.75, 3.05) is 44.1 Å². The Hall–Kier alpha value is -3.91. The van der Waals surface area contributed by atoms with Crippen LogP contribution < -0.4 is 28.3 Å². The van der Waals surface area contributed by atoms with E-state index >= 15 is 0 Å². The Bertz CT molecular complexity index is 3100. The largest absolute Gasteiger partial charge is 0.386 e. The van der Waals surface area contributed by atoms with Crippen molar-refractivity contribution in [2.24, 2.45) is 5.92 Å². The van der Waals surface area contributed by atoms with Gasteiger partial charge in [0.05, 0.1) is 51.0 Å². The average Bonchev–Trinajstić information content (AvgIpc) is 4.12. The number of aromatic nitrogens is 12. The van der Waals surface area contributed by atoms with Gasteiger partial charge in [0, 0.05) is 20.0 Å². The quantitative estimate of drug-likeness (QED) is 0.0471. The van der Waals surface area contributed by atoms with Crippen LogP contribution in [0, 0.1) is 5.92 Å². The number of nitrogen functional groups attached to an aromatic ring is 3. The van der Waals surface area contributed by atoms with Gasteiger partial charge in [-0.25, -0.2) is 29.5 Å². The SMILES string of the molecule is COP(O)(=S)OC[C@H]1O[C@@H](n2cnc3c(N)ncnc32)C[C@H]1OP(=O)(S)OC[C@H]1O[C@@H](n2cnc3c(=O)[nH]c(N)nc32)C[C@H]1OP(O)(=S)OC[C@H]1O[C@@H](n2cnc3c(=O)[nH]c(N)nc32)C[C@H]1C. The van der Waals surface area contributed by atoms with Crippen molar-refractivity contribution >= 4 is 107 Å². The number of nitrogens with zero attached hydrogens (tertiary/aromatic N) is 10. The fourth-order valence-corrected chi connectivity index (χ4v) is 11.5. The van der Waals surface area contributed by atoms with Crippen LogP contribution in [-0.4, -0.2) is 126 Å². The second-order valence-electron chi connectivity index (χ2n) is 15.5. The number of rotatable bonds is 17. The molecule has 67 heavy (non-hydrogen) atoms. The monoisotopic (exact) mass is 1050 g/mol. The first-order valence-corrected chi connectivity index (χ1v) is 27.8. The minimum Gasteiger partial charge on any atom is -0.382 e. The van der Waals surface area contributed by atoms with Crippen molar-refractivity contribution < 1.29 is 55.7 Å². The molecule has 3 saturated heterocycles. The number of H-pyrrole nitrogens is 2. The van der Waals surface area contributed by atoms with Crippen LogP contribution in [0.5, 0.6) is 0 Å². The van der Waals surface area contributed by atoms with Crippen molar-refractivity contribution in [3.63, 3.8) is 0 Å². The van der Waals surface area contributed by atoms with E-state index in [1.54, 1.807) is 9.13 Å². The molecule has 29 nitrogen and oxygen atoms in total. The molecule has 12 atom stereocenters. The molecule has 3 aliphatic rings. The summed E-state index contributed by atoms with van der Waals surface area (Å²) in [6.07, 6.45) is -1.48. The van der Waals surface area contributed by atoms with Gasteiger partial charge in [0.2, 0.25) is 11.9 Å². The summed E-state index contributed by atoms with van der Waals surface area (Å²) in [5.74, 6) is -0.268. The van der Waals surface area contributed by atoms with Gasteiger partial charge < -0.3 is 59.3 Å². The predicted octanol–water partition coefficient (Wildman–Crippen LogP) is 1.28. The van der Waals surface area contributed by atoms with Crippen LogP contribution in [0.25, 0.3) is 33.5 Å². The van der Waals surface area contributed by atoms with E-state index in [1.165, 1.54) is 37.0 Å². The minimum atomic E-state index is -4.37. The number of anilines is 3. The molecule has 9 heterocycles. The summed E-state index contributed by atoms with van der Waals surface area (Å²) in [5, 5.41) is 0. The molecule has 9 rings (SSSR count). The third kappa shape index (κ3) is 10.2. The summed E-state index contributed by atoms with van der Waals surface area (Å²) in [4.78, 5) is 80.9. The van der Waals surface area contributed by atoms with Crippen molar-refractivity contribution in [3.8, 4) is 0 Å². The molecule has 6 aromatic heterocycles. The molecule has 0 saturated carbocycles. The van der Waals surface area contributed by atoms with Gasteiger partial charge in [-0.3, -0.25) is 42.3 Å². The Morgan fingerprint density at radius 1 is 0.716 bits per heavy atom. The van der Waals surface area contributed by atoms with Gasteiger partial charge in [0.15, 0.2) is 33.8 Å². The van der Waals surface area contributed by atoms with Crippen LogP contribution in [0.15, 0.2) is 34.9 Å². The number of nitrogens with one attached hydrogen (secondary N) is 2. The van der Waals surface area contributed by atoms with Gasteiger partial charge >= 0.3 is 20.2 Å². The molecule has 0 aromatic carbocycles. The molecule has 6 aromatic rings. The maximum Gasteiger partial charge on any atom is 0.386 e. The summed E-state index contributed by atoms with van der Waals surface area (Å²) in [7, 11) is 1.19. The van der Waals surface area contributed by atoms with E-state index in [2.05, 4.69) is 57.1 Å². The molecule has 3 unspecified atom stereocenters. The minimum absolute atomic E-state index is 0.0222. The van der Waals surface area contributed by atoms with Gasteiger partial charge in [0.1, 0.15) is 48.8 Å². The first-order valence-electron chi connectivity index (χ1n) is 20.0. The van der Waals surface area contributed by atoms with Gasteiger partial charge in [-0.15, -0.1) is 0 Å². The number of fused-ring (bicyclic) bond motifs is 3. The summed E-state index contributed by atoms with van der Waals surface area (Å²) in [5.41, 5.74) is 17.5. The lowest BCUT2D eigenvalue weighted by molar-refractivity contribution is -0.0483. The number of imidazole rings is 3. The first kappa shape index (κ1) is 48.1. The zero-order valence-electron chi connectivity index (χ0n) is 34.9. The second kappa shape index (κ2) is 18.8. The van der Waals surface area contributed by atoms with Crippen LogP contribution in [0.1, 0.15) is 44.9 Å². The number of ether oxygens (including phenoxy) is 3. The lowest BCUT2D eigenvalue weighted by Gasteiger charge is -2.26. The maximum absolute atomic E-state index is 14.1. The standard InChI is InChI=1S/C32H42N15O14P3S3/c1-13-3-19(46-11-39-23-27(46)41-31(34)43-29(23)48)57-16(13)6-55-63(51,66)60-15-5-21(47-12-40-24-28(47)42-32(35)44-30(24)49)59-18(15)8-56-64(52,67)61-14-4-20(58-17(14)7-54-62(50,65)53-2)45-10-38-22-25(33)36-9-37-26(22)45/h9-21H,3-8H2,1-2H3,(H,50,65)(H,51,66)(H,52,67)(H2,33,36,37)(H3,34,41,43,48)(H3,35,42,44,49)/t13-,14-,15-,16-,17-,18-,19-,20-,21-,62?,63?,64?/m1/s1. The normalized spacial score (nSPS) is 28.3. The molecule has 0 amide bonds. The lowest BCUT2D eigenvalue weighted by Crippen LogP contribution is -2.30. The number of nitrogens with two attached hydrogens (primary N) is 3. The van der Waals surface area contributed by atoms with Crippen molar-refractivity contribution in [3.05, 3.63) is 46.0 Å². The average molecular weight is 1050 g/mol. The summed E-state index contributed by atoms with van der Waals surface area (Å²) >= 11 is 14.8. The highest BCUT2D eigenvalue weighted by molar-refractivity contribution is 8.44. The van der Waals surface area contributed by atoms with Crippen molar-refractivity contribution in [1.82, 2.24) is 58.6 Å². The van der Waals surface area contributed by atoms with E-state index in [-0.39, 0.29) is 72.0 Å². The molecule has 3 aliphatic heterocycles. The zero-order chi connectivity index (χ0) is 47.6.